The number of rotatable bonds is 5. The highest BCUT2D eigenvalue weighted by molar-refractivity contribution is 6.00. The highest BCUT2D eigenvalue weighted by atomic mass is 16.5. The van der Waals surface area contributed by atoms with Crippen molar-refractivity contribution < 1.29 is 13.7 Å². The molecule has 0 spiro atoms. The van der Waals surface area contributed by atoms with Crippen LogP contribution in [0.3, 0.4) is 0 Å². The second kappa shape index (κ2) is 9.69. The average Bonchev–Trinajstić information content (AvgIpc) is 3.52. The lowest BCUT2D eigenvalue weighted by atomic mass is 10.0. The van der Waals surface area contributed by atoms with Crippen LogP contribution in [0, 0.1) is 5.92 Å². The van der Waals surface area contributed by atoms with Crippen LogP contribution < -0.4 is 4.90 Å². The van der Waals surface area contributed by atoms with Crippen LogP contribution in [-0.2, 0) is 6.42 Å². The van der Waals surface area contributed by atoms with Crippen LogP contribution in [0.15, 0.2) is 69.8 Å². The Morgan fingerprint density at radius 2 is 1.84 bits per heavy atom. The zero-order valence-electron chi connectivity index (χ0n) is 21.1. The van der Waals surface area contributed by atoms with E-state index in [2.05, 4.69) is 54.2 Å². The lowest BCUT2D eigenvalue weighted by molar-refractivity contribution is 0.0735. The van der Waals surface area contributed by atoms with Crippen molar-refractivity contribution in [3.8, 4) is 11.3 Å². The van der Waals surface area contributed by atoms with Crippen LogP contribution in [0.2, 0.25) is 0 Å². The van der Waals surface area contributed by atoms with Crippen molar-refractivity contribution in [3.63, 3.8) is 0 Å². The van der Waals surface area contributed by atoms with E-state index in [0.717, 1.165) is 53.1 Å². The van der Waals surface area contributed by atoms with E-state index >= 15 is 0 Å². The first-order valence-corrected chi connectivity index (χ1v) is 12.8. The minimum atomic E-state index is -0.0815. The molecular formula is C29H29N5O3. The van der Waals surface area contributed by atoms with E-state index in [1.54, 1.807) is 12.1 Å². The number of furan rings is 1. The van der Waals surface area contributed by atoms with Gasteiger partial charge in [-0.05, 0) is 41.3 Å². The van der Waals surface area contributed by atoms with E-state index < -0.39 is 0 Å². The average molecular weight is 496 g/mol. The first-order valence-electron chi connectivity index (χ1n) is 12.8. The number of hydrogen-bond donors (Lipinski definition) is 0. The third-order valence-electron chi connectivity index (χ3n) is 6.79. The maximum absolute atomic E-state index is 12.9. The Balaban J connectivity index is 1.40. The van der Waals surface area contributed by atoms with Crippen molar-refractivity contribution >= 4 is 33.6 Å². The third-order valence-corrected chi connectivity index (χ3v) is 6.79. The van der Waals surface area contributed by atoms with Crippen LogP contribution in [0.4, 0.5) is 5.82 Å². The Kier molecular flexibility index (Phi) is 6.08. The number of amides is 1. The molecule has 1 fully saturated rings. The third kappa shape index (κ3) is 4.55. The molecule has 1 saturated heterocycles. The fourth-order valence-corrected chi connectivity index (χ4v) is 4.99. The van der Waals surface area contributed by atoms with E-state index in [1.807, 2.05) is 17.0 Å². The molecule has 8 heteroatoms. The molecule has 37 heavy (non-hydrogen) atoms. The second-order valence-electron chi connectivity index (χ2n) is 9.94. The summed E-state index contributed by atoms with van der Waals surface area (Å²) in [6.07, 6.45) is 3.09. The van der Waals surface area contributed by atoms with Gasteiger partial charge in [-0.2, -0.15) is 4.98 Å². The van der Waals surface area contributed by atoms with Crippen LogP contribution in [-0.4, -0.2) is 52.1 Å². The molecule has 0 unspecified atom stereocenters. The van der Waals surface area contributed by atoms with E-state index in [1.165, 1.54) is 11.6 Å². The van der Waals surface area contributed by atoms with Gasteiger partial charge >= 0.3 is 0 Å². The van der Waals surface area contributed by atoms with Crippen LogP contribution in [0.5, 0.6) is 0 Å². The Bertz CT molecular complexity index is 1560. The van der Waals surface area contributed by atoms with Gasteiger partial charge in [-0.3, -0.25) is 4.79 Å². The molecule has 0 radical (unpaired) electrons. The molecule has 188 valence electrons. The smallest absolute Gasteiger partial charge is 0.289 e. The first kappa shape index (κ1) is 23.2. The normalized spacial score (nSPS) is 14.6. The molecule has 0 bridgehead atoms. The summed E-state index contributed by atoms with van der Waals surface area (Å²) in [4.78, 5) is 26.8. The standard InChI is InChI=1S/C29H29N5O3/c1-19(2)17-24-30-27(33-12-6-13-34(15-14-33)29(35)23-9-5-16-36-23)25-26(32-37-28(25)31-24)22-11-10-20-7-3-4-8-21(20)18-22/h3-5,7-11,16,18-19H,6,12-15,17H2,1-2H3. The molecule has 2 aromatic carbocycles. The second-order valence-corrected chi connectivity index (χ2v) is 9.94. The Labute approximate surface area is 214 Å². The van der Waals surface area contributed by atoms with Gasteiger partial charge in [0.25, 0.3) is 11.6 Å². The van der Waals surface area contributed by atoms with Gasteiger partial charge in [0.1, 0.15) is 22.7 Å². The summed E-state index contributed by atoms with van der Waals surface area (Å²) in [5, 5.41) is 7.59. The maximum atomic E-state index is 12.9. The largest absolute Gasteiger partial charge is 0.459 e. The molecule has 4 heterocycles. The van der Waals surface area contributed by atoms with Crippen molar-refractivity contribution in [2.45, 2.75) is 26.7 Å². The van der Waals surface area contributed by atoms with Crippen LogP contribution >= 0.6 is 0 Å². The van der Waals surface area contributed by atoms with Gasteiger partial charge < -0.3 is 18.7 Å². The van der Waals surface area contributed by atoms with Crippen LogP contribution in [0.1, 0.15) is 36.6 Å². The van der Waals surface area contributed by atoms with Crippen molar-refractivity contribution in [1.82, 2.24) is 20.0 Å². The lowest BCUT2D eigenvalue weighted by Gasteiger charge is -2.23. The summed E-state index contributed by atoms with van der Waals surface area (Å²) in [7, 11) is 0. The van der Waals surface area contributed by atoms with E-state index in [0.29, 0.717) is 37.0 Å². The predicted molar refractivity (Wildman–Crippen MR) is 143 cm³/mol. The van der Waals surface area contributed by atoms with Gasteiger partial charge in [-0.1, -0.05) is 55.4 Å². The molecule has 0 aliphatic carbocycles. The zero-order chi connectivity index (χ0) is 25.4. The topological polar surface area (TPSA) is 88.5 Å². The summed E-state index contributed by atoms with van der Waals surface area (Å²) in [6.45, 7) is 6.93. The van der Waals surface area contributed by atoms with E-state index in [-0.39, 0.29) is 5.91 Å². The molecule has 1 aliphatic rings. The molecule has 3 aromatic heterocycles. The lowest BCUT2D eigenvalue weighted by Crippen LogP contribution is -2.35. The maximum Gasteiger partial charge on any atom is 0.289 e. The SMILES string of the molecule is CC(C)Cc1nc(N2CCCN(C(=O)c3ccco3)CC2)c2c(-c3ccc4ccccc4c3)noc2n1. The Hall–Kier alpha value is -4.20. The molecule has 0 N–H and O–H groups in total. The summed E-state index contributed by atoms with van der Waals surface area (Å²) in [5.74, 6) is 2.25. The molecule has 0 saturated carbocycles. The Morgan fingerprint density at radius 1 is 0.973 bits per heavy atom. The highest BCUT2D eigenvalue weighted by Crippen LogP contribution is 2.35. The zero-order valence-corrected chi connectivity index (χ0v) is 21.1. The minimum absolute atomic E-state index is 0.0815. The molecule has 8 nitrogen and oxygen atoms in total. The van der Waals surface area contributed by atoms with Gasteiger partial charge in [-0.15, -0.1) is 0 Å². The van der Waals surface area contributed by atoms with Crippen molar-refractivity contribution in [2.24, 2.45) is 5.92 Å². The number of anilines is 1. The number of carbonyl (C=O) groups excluding carboxylic acids is 1. The van der Waals surface area contributed by atoms with E-state index in [4.69, 9.17) is 18.9 Å². The number of hydrogen-bond acceptors (Lipinski definition) is 7. The summed E-state index contributed by atoms with van der Waals surface area (Å²) in [5.41, 5.74) is 2.19. The molecule has 0 atom stereocenters. The van der Waals surface area contributed by atoms with Crippen molar-refractivity contribution in [1.29, 1.82) is 0 Å². The number of benzene rings is 2. The summed E-state index contributed by atoms with van der Waals surface area (Å²) >= 11 is 0. The predicted octanol–water partition coefficient (Wildman–Crippen LogP) is 5.58. The van der Waals surface area contributed by atoms with Crippen molar-refractivity contribution in [3.05, 3.63) is 72.4 Å². The molecule has 1 aliphatic heterocycles. The highest BCUT2D eigenvalue weighted by Gasteiger charge is 2.27. The molecule has 1 amide bonds. The summed E-state index contributed by atoms with van der Waals surface area (Å²) in [6, 6.07) is 18.0. The molecular weight excluding hydrogens is 466 g/mol. The van der Waals surface area contributed by atoms with Crippen molar-refractivity contribution in [2.75, 3.05) is 31.1 Å². The minimum Gasteiger partial charge on any atom is -0.459 e. The number of carbonyl (C=O) groups is 1. The van der Waals surface area contributed by atoms with Gasteiger partial charge in [0.05, 0.1) is 6.26 Å². The van der Waals surface area contributed by atoms with Crippen LogP contribution in [0.25, 0.3) is 33.1 Å². The Morgan fingerprint density at radius 3 is 2.65 bits per heavy atom. The quantitative estimate of drug-likeness (QED) is 0.314. The fraction of sp³-hybridized carbons (Fsp3) is 0.310. The van der Waals surface area contributed by atoms with Gasteiger partial charge in [0.15, 0.2) is 5.76 Å². The number of aromatic nitrogens is 3. The summed E-state index contributed by atoms with van der Waals surface area (Å²) < 4.78 is 11.2. The first-order chi connectivity index (χ1) is 18.1. The van der Waals surface area contributed by atoms with Gasteiger partial charge in [0, 0.05) is 38.2 Å². The number of fused-ring (bicyclic) bond motifs is 2. The molecule has 5 aromatic rings. The van der Waals surface area contributed by atoms with E-state index in [9.17, 15) is 4.79 Å². The number of nitrogens with zero attached hydrogens (tertiary/aromatic N) is 5. The fourth-order valence-electron chi connectivity index (χ4n) is 4.99. The molecule has 6 rings (SSSR count). The van der Waals surface area contributed by atoms with Gasteiger partial charge in [0.2, 0.25) is 0 Å². The monoisotopic (exact) mass is 495 g/mol. The van der Waals surface area contributed by atoms with Gasteiger partial charge in [-0.25, -0.2) is 4.98 Å².